The number of benzene rings is 1. The third kappa shape index (κ3) is 2.94. The van der Waals surface area contributed by atoms with E-state index in [4.69, 9.17) is 11.6 Å². The van der Waals surface area contributed by atoms with Crippen LogP contribution in [0.25, 0.3) is 0 Å². The normalized spacial score (nSPS) is 18.5. The van der Waals surface area contributed by atoms with Gasteiger partial charge in [-0.25, -0.2) is 0 Å². The smallest absolute Gasteiger partial charge is 0.0408 e. The lowest BCUT2D eigenvalue weighted by atomic mass is 10.0. The zero-order chi connectivity index (χ0) is 10.7. The molecule has 0 aliphatic carbocycles. The van der Waals surface area contributed by atoms with Crippen LogP contribution in [0.15, 0.2) is 24.3 Å². The summed E-state index contributed by atoms with van der Waals surface area (Å²) in [4.78, 5) is 0. The first-order valence-corrected chi connectivity index (χ1v) is 5.83. The van der Waals surface area contributed by atoms with Crippen LogP contribution in [0.5, 0.6) is 0 Å². The highest BCUT2D eigenvalue weighted by molar-refractivity contribution is 6.30. The van der Waals surface area contributed by atoms with Crippen LogP contribution in [0.2, 0.25) is 5.02 Å². The van der Waals surface area contributed by atoms with E-state index in [0.717, 1.165) is 24.7 Å². The molecule has 0 bridgehead atoms. The summed E-state index contributed by atoms with van der Waals surface area (Å²) in [5, 5.41) is 7.61. The second-order valence-electron chi connectivity index (χ2n) is 4.22. The number of nitrogens with one attached hydrogen (secondary N) is 2. The van der Waals surface area contributed by atoms with E-state index < -0.39 is 0 Å². The third-order valence-corrected chi connectivity index (χ3v) is 3.15. The van der Waals surface area contributed by atoms with Crippen molar-refractivity contribution in [3.63, 3.8) is 0 Å². The molecule has 1 unspecified atom stereocenters. The lowest BCUT2D eigenvalue weighted by molar-refractivity contribution is 0.360. The molecule has 82 valence electrons. The van der Waals surface area contributed by atoms with Crippen LogP contribution < -0.4 is 10.6 Å². The molecular weight excluding hydrogens is 208 g/mol. The van der Waals surface area contributed by atoms with Gasteiger partial charge in [-0.15, -0.1) is 0 Å². The van der Waals surface area contributed by atoms with Crippen molar-refractivity contribution in [2.75, 3.05) is 19.6 Å². The number of rotatable bonds is 4. The molecule has 15 heavy (non-hydrogen) atoms. The third-order valence-electron chi connectivity index (χ3n) is 2.91. The maximum absolute atomic E-state index is 5.96. The second-order valence-corrected chi connectivity index (χ2v) is 4.66. The molecular formula is C12H17ClN2. The Kier molecular flexibility index (Phi) is 3.62. The highest BCUT2D eigenvalue weighted by Gasteiger charge is 2.16. The van der Waals surface area contributed by atoms with Crippen LogP contribution in [0.3, 0.4) is 0 Å². The fraction of sp³-hybridized carbons (Fsp3) is 0.500. The molecule has 1 aromatic rings. The predicted octanol–water partition coefficient (Wildman–Crippen LogP) is 2.00. The van der Waals surface area contributed by atoms with Crippen molar-refractivity contribution >= 4 is 11.6 Å². The van der Waals surface area contributed by atoms with Gasteiger partial charge in [0.05, 0.1) is 0 Å². The fourth-order valence-corrected chi connectivity index (χ4v) is 1.91. The highest BCUT2D eigenvalue weighted by atomic mass is 35.5. The van der Waals surface area contributed by atoms with Gasteiger partial charge in [-0.3, -0.25) is 0 Å². The van der Waals surface area contributed by atoms with Gasteiger partial charge in [0.25, 0.3) is 0 Å². The Labute approximate surface area is 96.0 Å². The number of hydrogen-bond acceptors (Lipinski definition) is 2. The van der Waals surface area contributed by atoms with E-state index in [1.54, 1.807) is 0 Å². The molecule has 1 fully saturated rings. The van der Waals surface area contributed by atoms with Crippen molar-refractivity contribution in [3.05, 3.63) is 34.9 Å². The number of halogens is 1. The molecule has 1 aliphatic heterocycles. The summed E-state index contributed by atoms with van der Waals surface area (Å²) < 4.78 is 0. The first-order valence-electron chi connectivity index (χ1n) is 5.45. The van der Waals surface area contributed by atoms with Crippen LogP contribution >= 0.6 is 11.6 Å². The van der Waals surface area contributed by atoms with E-state index in [-0.39, 0.29) is 0 Å². The van der Waals surface area contributed by atoms with Crippen molar-refractivity contribution < 1.29 is 0 Å². The summed E-state index contributed by atoms with van der Waals surface area (Å²) in [6.45, 7) is 5.45. The van der Waals surface area contributed by atoms with E-state index in [1.165, 1.54) is 5.56 Å². The molecule has 0 aromatic heterocycles. The summed E-state index contributed by atoms with van der Waals surface area (Å²) >= 11 is 5.96. The van der Waals surface area contributed by atoms with Crippen molar-refractivity contribution in [1.29, 1.82) is 0 Å². The molecule has 2 N–H and O–H groups in total. The van der Waals surface area contributed by atoms with Crippen molar-refractivity contribution in [2.45, 2.75) is 18.9 Å². The van der Waals surface area contributed by atoms with E-state index in [1.807, 2.05) is 18.2 Å². The Morgan fingerprint density at radius 1 is 1.53 bits per heavy atom. The van der Waals surface area contributed by atoms with E-state index in [9.17, 15) is 0 Å². The molecule has 2 nitrogen and oxygen atoms in total. The Morgan fingerprint density at radius 2 is 2.33 bits per heavy atom. The lowest BCUT2D eigenvalue weighted by Gasteiger charge is -2.29. The summed E-state index contributed by atoms with van der Waals surface area (Å²) in [5.41, 5.74) is 1.31. The van der Waals surface area contributed by atoms with E-state index in [0.29, 0.717) is 12.0 Å². The van der Waals surface area contributed by atoms with Crippen LogP contribution in [0.4, 0.5) is 0 Å². The average Bonchev–Trinajstić information content (AvgIpc) is 2.15. The minimum atomic E-state index is 0.518. The zero-order valence-corrected chi connectivity index (χ0v) is 9.72. The molecule has 0 radical (unpaired) electrons. The molecule has 1 aromatic carbocycles. The maximum Gasteiger partial charge on any atom is 0.0408 e. The van der Waals surface area contributed by atoms with Crippen molar-refractivity contribution in [3.8, 4) is 0 Å². The van der Waals surface area contributed by atoms with Crippen LogP contribution in [-0.4, -0.2) is 25.7 Å². The Balaban J connectivity index is 1.86. The van der Waals surface area contributed by atoms with Crippen LogP contribution in [-0.2, 0) is 0 Å². The van der Waals surface area contributed by atoms with Gasteiger partial charge in [-0.05, 0) is 23.6 Å². The first kappa shape index (κ1) is 10.9. The van der Waals surface area contributed by atoms with Gasteiger partial charge in [0.1, 0.15) is 0 Å². The topological polar surface area (TPSA) is 24.1 Å². The molecule has 0 spiro atoms. The van der Waals surface area contributed by atoms with Crippen molar-refractivity contribution in [2.24, 2.45) is 0 Å². The van der Waals surface area contributed by atoms with Gasteiger partial charge >= 0.3 is 0 Å². The largest absolute Gasteiger partial charge is 0.314 e. The lowest BCUT2D eigenvalue weighted by Crippen LogP contribution is -2.55. The zero-order valence-electron chi connectivity index (χ0n) is 8.96. The molecule has 1 aliphatic rings. The Bertz CT molecular complexity index is 323. The minimum Gasteiger partial charge on any atom is -0.314 e. The van der Waals surface area contributed by atoms with Crippen LogP contribution in [0, 0.1) is 0 Å². The van der Waals surface area contributed by atoms with Crippen LogP contribution in [0.1, 0.15) is 18.4 Å². The highest BCUT2D eigenvalue weighted by Crippen LogP contribution is 2.18. The van der Waals surface area contributed by atoms with Gasteiger partial charge in [0.2, 0.25) is 0 Å². The monoisotopic (exact) mass is 224 g/mol. The molecule has 1 atom stereocenters. The summed E-state index contributed by atoms with van der Waals surface area (Å²) in [6, 6.07) is 8.77. The van der Waals surface area contributed by atoms with E-state index in [2.05, 4.69) is 23.6 Å². The first-order chi connectivity index (χ1) is 7.25. The standard InChI is InChI=1S/C12H17ClN2/c1-9(6-15-12-7-14-8-12)10-3-2-4-11(13)5-10/h2-5,9,12,14-15H,6-8H2,1H3. The molecule has 1 heterocycles. The summed E-state index contributed by atoms with van der Waals surface area (Å²) in [7, 11) is 0. The van der Waals surface area contributed by atoms with Gasteiger partial charge in [0, 0.05) is 30.7 Å². The predicted molar refractivity (Wildman–Crippen MR) is 64.5 cm³/mol. The summed E-state index contributed by atoms with van der Waals surface area (Å²) in [6.07, 6.45) is 0. The van der Waals surface area contributed by atoms with Crippen molar-refractivity contribution in [1.82, 2.24) is 10.6 Å². The molecule has 2 rings (SSSR count). The van der Waals surface area contributed by atoms with Gasteiger partial charge in [0.15, 0.2) is 0 Å². The molecule has 3 heteroatoms. The molecule has 0 saturated carbocycles. The second kappa shape index (κ2) is 4.97. The van der Waals surface area contributed by atoms with E-state index >= 15 is 0 Å². The SMILES string of the molecule is CC(CNC1CNC1)c1cccc(Cl)c1. The van der Waals surface area contributed by atoms with Gasteiger partial charge in [-0.1, -0.05) is 30.7 Å². The molecule has 0 amide bonds. The molecule has 1 saturated heterocycles. The number of hydrogen-bond donors (Lipinski definition) is 2. The van der Waals surface area contributed by atoms with Gasteiger partial charge < -0.3 is 10.6 Å². The average molecular weight is 225 g/mol. The Morgan fingerprint density at radius 3 is 2.93 bits per heavy atom. The van der Waals surface area contributed by atoms with Gasteiger partial charge in [-0.2, -0.15) is 0 Å². The maximum atomic E-state index is 5.96. The minimum absolute atomic E-state index is 0.518. The Hall–Kier alpha value is -0.570. The fourth-order valence-electron chi connectivity index (χ4n) is 1.71. The summed E-state index contributed by atoms with van der Waals surface area (Å²) in [5.74, 6) is 0.518. The quantitative estimate of drug-likeness (QED) is 0.818.